The minimum atomic E-state index is -0.334. The maximum Gasteiger partial charge on any atom is 0.323 e. The van der Waals surface area contributed by atoms with E-state index in [1.807, 2.05) is 11.8 Å². The van der Waals surface area contributed by atoms with Gasteiger partial charge in [-0.1, -0.05) is 20.3 Å². The van der Waals surface area contributed by atoms with E-state index in [-0.39, 0.29) is 11.6 Å². The van der Waals surface area contributed by atoms with Gasteiger partial charge < -0.3 is 4.90 Å². The zero-order chi connectivity index (χ0) is 12.7. The molecule has 1 unspecified atom stereocenters. The predicted octanol–water partition coefficient (Wildman–Crippen LogP) is 2.74. The molecule has 4 nitrogen and oxygen atoms in total. The van der Waals surface area contributed by atoms with Gasteiger partial charge in [-0.2, -0.15) is 0 Å². The second-order valence-electron chi connectivity index (χ2n) is 6.10. The lowest BCUT2D eigenvalue weighted by Crippen LogP contribution is -2.49. The molecule has 1 saturated carbocycles. The van der Waals surface area contributed by atoms with Gasteiger partial charge in [0.25, 0.3) is 0 Å². The fourth-order valence-corrected chi connectivity index (χ4v) is 3.24. The maximum absolute atomic E-state index is 11.8. The van der Waals surface area contributed by atoms with E-state index >= 15 is 0 Å². The normalized spacial score (nSPS) is 32.8. The molecule has 96 valence electrons. The number of nitrogens with one attached hydrogen (secondary N) is 2. The highest BCUT2D eigenvalue weighted by atomic mass is 16.2. The van der Waals surface area contributed by atoms with Crippen LogP contribution in [0, 0.1) is 10.8 Å². The van der Waals surface area contributed by atoms with Gasteiger partial charge in [0.05, 0.1) is 0 Å². The van der Waals surface area contributed by atoms with Gasteiger partial charge in [-0.15, -0.1) is 0 Å². The SMILES string of the molecule is CCN1C(=O)NC(=N)C12CCCC(C)(C)CC2. The van der Waals surface area contributed by atoms with Crippen LogP contribution in [-0.2, 0) is 0 Å². The van der Waals surface area contributed by atoms with Gasteiger partial charge in [0, 0.05) is 6.54 Å². The molecule has 0 aromatic carbocycles. The first-order valence-corrected chi connectivity index (χ1v) is 6.59. The maximum atomic E-state index is 11.8. The Morgan fingerprint density at radius 2 is 2.00 bits per heavy atom. The number of hydrogen-bond donors (Lipinski definition) is 2. The zero-order valence-electron chi connectivity index (χ0n) is 11.1. The molecule has 17 heavy (non-hydrogen) atoms. The number of rotatable bonds is 1. The van der Waals surface area contributed by atoms with Gasteiger partial charge in [0.1, 0.15) is 11.4 Å². The Morgan fingerprint density at radius 3 is 2.65 bits per heavy atom. The Balaban J connectivity index is 2.28. The molecule has 4 heteroatoms. The van der Waals surface area contributed by atoms with Crippen LogP contribution in [0.15, 0.2) is 0 Å². The lowest BCUT2D eigenvalue weighted by Gasteiger charge is -2.35. The van der Waals surface area contributed by atoms with Crippen molar-refractivity contribution in [2.45, 2.75) is 58.4 Å². The van der Waals surface area contributed by atoms with Crippen LogP contribution < -0.4 is 5.32 Å². The molecule has 0 aromatic heterocycles. The highest BCUT2D eigenvalue weighted by Crippen LogP contribution is 2.42. The third kappa shape index (κ3) is 1.94. The molecular weight excluding hydrogens is 214 g/mol. The Morgan fingerprint density at radius 1 is 1.29 bits per heavy atom. The van der Waals surface area contributed by atoms with Crippen molar-refractivity contribution in [3.8, 4) is 0 Å². The first kappa shape index (κ1) is 12.4. The van der Waals surface area contributed by atoms with Crippen LogP contribution >= 0.6 is 0 Å². The Labute approximate surface area is 103 Å². The highest BCUT2D eigenvalue weighted by Gasteiger charge is 2.50. The minimum absolute atomic E-state index is 0.0859. The van der Waals surface area contributed by atoms with Gasteiger partial charge >= 0.3 is 6.03 Å². The van der Waals surface area contributed by atoms with Crippen molar-refractivity contribution in [1.82, 2.24) is 10.2 Å². The Hall–Kier alpha value is -1.06. The molecule has 1 atom stereocenters. The minimum Gasteiger partial charge on any atom is -0.312 e. The third-order valence-corrected chi connectivity index (χ3v) is 4.43. The molecule has 2 rings (SSSR count). The van der Waals surface area contributed by atoms with Crippen LogP contribution in [0.4, 0.5) is 4.79 Å². The molecule has 1 aliphatic heterocycles. The number of urea groups is 1. The van der Waals surface area contributed by atoms with Crippen LogP contribution in [0.2, 0.25) is 0 Å². The lowest BCUT2D eigenvalue weighted by molar-refractivity contribution is 0.164. The Bertz CT molecular complexity index is 351. The summed E-state index contributed by atoms with van der Waals surface area (Å²) in [4.78, 5) is 13.7. The molecule has 0 bridgehead atoms. The standard InChI is InChI=1S/C13H23N3O/c1-4-16-11(17)15-10(14)13(16)7-5-6-12(2,3)8-9-13/h4-9H2,1-3H3,(H2,14,15,17). The molecule has 2 N–H and O–H groups in total. The van der Waals surface area contributed by atoms with E-state index in [9.17, 15) is 4.79 Å². The summed E-state index contributed by atoms with van der Waals surface area (Å²) in [6.45, 7) is 7.26. The monoisotopic (exact) mass is 237 g/mol. The summed E-state index contributed by atoms with van der Waals surface area (Å²) in [5.41, 5.74) is 0.00837. The topological polar surface area (TPSA) is 56.2 Å². The molecule has 1 saturated heterocycles. The summed E-state index contributed by atoms with van der Waals surface area (Å²) >= 11 is 0. The predicted molar refractivity (Wildman–Crippen MR) is 68.2 cm³/mol. The molecule has 1 heterocycles. The summed E-state index contributed by atoms with van der Waals surface area (Å²) in [6, 6.07) is -0.0859. The van der Waals surface area contributed by atoms with Crippen LogP contribution in [0.3, 0.4) is 0 Å². The van der Waals surface area contributed by atoms with E-state index in [1.54, 1.807) is 0 Å². The molecule has 0 radical (unpaired) electrons. The number of hydrogen-bond acceptors (Lipinski definition) is 2. The van der Waals surface area contributed by atoms with Crippen molar-refractivity contribution in [3.05, 3.63) is 0 Å². The van der Waals surface area contributed by atoms with E-state index < -0.39 is 0 Å². The van der Waals surface area contributed by atoms with Gasteiger partial charge in [0.2, 0.25) is 0 Å². The first-order valence-electron chi connectivity index (χ1n) is 6.59. The van der Waals surface area contributed by atoms with Gasteiger partial charge in [-0.05, 0) is 38.0 Å². The average Bonchev–Trinajstić information content (AvgIpc) is 2.38. The van der Waals surface area contributed by atoms with E-state index in [1.165, 1.54) is 6.42 Å². The number of nitrogens with zero attached hydrogens (tertiary/aromatic N) is 1. The summed E-state index contributed by atoms with van der Waals surface area (Å²) in [5.74, 6) is 0.419. The van der Waals surface area contributed by atoms with Crippen molar-refractivity contribution in [2.24, 2.45) is 5.41 Å². The number of amidine groups is 1. The first-order chi connectivity index (χ1) is 7.91. The van der Waals surface area contributed by atoms with Crippen molar-refractivity contribution in [1.29, 1.82) is 5.41 Å². The van der Waals surface area contributed by atoms with Crippen LogP contribution in [0.1, 0.15) is 52.9 Å². The van der Waals surface area contributed by atoms with E-state index in [2.05, 4.69) is 19.2 Å². The molecule has 2 aliphatic rings. The molecule has 1 spiro atoms. The van der Waals surface area contributed by atoms with Crippen molar-refractivity contribution in [3.63, 3.8) is 0 Å². The fraction of sp³-hybridized carbons (Fsp3) is 0.846. The van der Waals surface area contributed by atoms with E-state index in [0.717, 1.165) is 25.7 Å². The quantitative estimate of drug-likeness (QED) is 0.724. The number of carbonyl (C=O) groups is 1. The Kier molecular flexibility index (Phi) is 2.92. The van der Waals surface area contributed by atoms with Crippen molar-refractivity contribution in [2.75, 3.05) is 6.54 Å². The third-order valence-electron chi connectivity index (χ3n) is 4.43. The summed E-state index contributed by atoms with van der Waals surface area (Å²) < 4.78 is 0. The molecule has 1 aliphatic carbocycles. The summed E-state index contributed by atoms with van der Waals surface area (Å²) in [7, 11) is 0. The van der Waals surface area contributed by atoms with Gasteiger partial charge in [0.15, 0.2) is 0 Å². The molecule has 2 fully saturated rings. The number of carbonyl (C=O) groups excluding carboxylic acids is 1. The highest BCUT2D eigenvalue weighted by molar-refractivity contribution is 6.08. The second-order valence-corrected chi connectivity index (χ2v) is 6.10. The van der Waals surface area contributed by atoms with Crippen LogP contribution in [-0.4, -0.2) is 28.9 Å². The van der Waals surface area contributed by atoms with Gasteiger partial charge in [-0.3, -0.25) is 10.7 Å². The lowest BCUT2D eigenvalue weighted by atomic mass is 9.83. The largest absolute Gasteiger partial charge is 0.323 e. The second kappa shape index (κ2) is 4.00. The number of likely N-dealkylation sites (N-methyl/N-ethyl adjacent to an activating group) is 1. The van der Waals surface area contributed by atoms with E-state index in [0.29, 0.717) is 17.8 Å². The van der Waals surface area contributed by atoms with Crippen LogP contribution in [0.5, 0.6) is 0 Å². The molecular formula is C13H23N3O. The molecule has 0 aromatic rings. The number of amides is 2. The zero-order valence-corrected chi connectivity index (χ0v) is 11.1. The fourth-order valence-electron chi connectivity index (χ4n) is 3.24. The smallest absolute Gasteiger partial charge is 0.312 e. The van der Waals surface area contributed by atoms with E-state index in [4.69, 9.17) is 5.41 Å². The van der Waals surface area contributed by atoms with Crippen LogP contribution in [0.25, 0.3) is 0 Å². The average molecular weight is 237 g/mol. The molecule has 2 amide bonds. The summed E-state index contributed by atoms with van der Waals surface area (Å²) in [5, 5.41) is 10.8. The van der Waals surface area contributed by atoms with Crippen molar-refractivity contribution >= 4 is 11.9 Å². The summed E-state index contributed by atoms with van der Waals surface area (Å²) in [6.07, 6.45) is 5.22. The van der Waals surface area contributed by atoms with Gasteiger partial charge in [-0.25, -0.2) is 4.79 Å². The van der Waals surface area contributed by atoms with Crippen molar-refractivity contribution < 1.29 is 4.79 Å².